The van der Waals surface area contributed by atoms with E-state index in [-0.39, 0.29) is 42.5 Å². The standard InChI is InChI=1S/C21H27ClO2S.C21H28O2S.C19H30O3.C16H22O2.C15H20O2.C13H18O/c1-15(2)17-5-9-19(10-6-17)23-13-20(24-16(3)4)14-25-21-11-7-18(22)8-12-21;1-16(2)18-10-12-19(13-11-18)22-14-20(23-17(3)4)15-24-21-8-6-5-7-9-21;1-14(2)5-8-18(21-12-19-13-22-19)11-20-17-9-6-16(7-10-17)15(3)4;1-12(2)15-9-7-14(8-10-15)6-5-11-18-16(17)13(3)4;1-4-15(16)17-11-5-6-13-7-9-14(10-8-13)12(2)3;1-10(2)12-5-7-13(8-6-12)14-9-11-3-4-11/h5-12,15-16,20H,13-14H2,1-4H3;5-13,16-17,20H,14-15H2,1-4H3;6-7,9-10,14-15,18-19H,5,8,11-13H2,1-4H3;7-10,12H,3,5-6,11H2,1-2,4H3;4,7-10,12H,1,5-6,11H2,2-3H3;5-8,10-11H,3-4,9H2,1-2H3. The van der Waals surface area contributed by atoms with Gasteiger partial charge in [-0.25, -0.2) is 9.59 Å². The quantitative estimate of drug-likeness (QED) is 0.0118. The van der Waals surface area contributed by atoms with Crippen molar-refractivity contribution < 1.29 is 57.0 Å². The maximum absolute atomic E-state index is 11.2. The number of ether oxygens (including phenoxy) is 10. The molecule has 1 saturated carbocycles. The lowest BCUT2D eigenvalue weighted by Crippen LogP contribution is -2.27. The summed E-state index contributed by atoms with van der Waals surface area (Å²) in [5.41, 5.74) is 11.1. The molecule has 656 valence electrons. The SMILES string of the molecule is C=C(C)C(=O)OCCCc1ccc(C(C)C)cc1.C=CC(=O)OCCCc1ccc(C(C)C)cc1.CC(C)CCC(COc1ccc(C(C)C)cc1)OCC1CO1.CC(C)OC(COc1ccc(C(C)C)cc1)CSc1ccc(Cl)cc1.CC(C)OC(COc1ccc(C(C)C)cc1)CSc1ccccc1.CC(C)c1ccc(OCC2CC2)cc1. The zero-order valence-corrected chi connectivity index (χ0v) is 78.3. The Morgan fingerprint density at radius 2 is 0.792 bits per heavy atom. The van der Waals surface area contributed by atoms with E-state index in [9.17, 15) is 9.59 Å². The Morgan fingerprint density at radius 3 is 1.12 bits per heavy atom. The summed E-state index contributed by atoms with van der Waals surface area (Å²) in [4.78, 5) is 24.4. The molecule has 0 amide bonds. The maximum atomic E-state index is 11.2. The first-order valence-corrected chi connectivity index (χ1v) is 46.1. The van der Waals surface area contributed by atoms with Crippen LogP contribution in [0.1, 0.15) is 250 Å². The minimum atomic E-state index is -0.347. The molecule has 4 atom stereocenters. The summed E-state index contributed by atoms with van der Waals surface area (Å²) in [6.45, 7) is 52.7. The molecular weight excluding hydrogens is 1550 g/mol. The number of halogens is 1. The second kappa shape index (κ2) is 58.3. The lowest BCUT2D eigenvalue weighted by atomic mass is 10.0. The van der Waals surface area contributed by atoms with Gasteiger partial charge < -0.3 is 47.4 Å². The molecule has 0 spiro atoms. The molecule has 2 fully saturated rings. The first-order valence-electron chi connectivity index (χ1n) is 43.7. The average molecular weight is 1700 g/mol. The predicted molar refractivity (Wildman–Crippen MR) is 504 cm³/mol. The van der Waals surface area contributed by atoms with Gasteiger partial charge in [-0.3, -0.25) is 0 Å². The van der Waals surface area contributed by atoms with Crippen LogP contribution >= 0.6 is 35.1 Å². The summed E-state index contributed by atoms with van der Waals surface area (Å²) in [7, 11) is 0. The van der Waals surface area contributed by atoms with Gasteiger partial charge in [0.15, 0.2) is 0 Å². The van der Waals surface area contributed by atoms with Crippen molar-refractivity contribution in [3.8, 4) is 23.0 Å². The lowest BCUT2D eigenvalue weighted by Gasteiger charge is -2.21. The molecule has 0 aromatic heterocycles. The molecule has 0 bridgehead atoms. The summed E-state index contributed by atoms with van der Waals surface area (Å²) in [6.07, 6.45) is 10.6. The first-order chi connectivity index (χ1) is 57.4. The Kier molecular flexibility index (Phi) is 49.9. The zero-order chi connectivity index (χ0) is 87.7. The molecule has 1 aliphatic heterocycles. The second-order valence-electron chi connectivity index (χ2n) is 33.8. The third-order valence-corrected chi connectivity index (χ3v) is 22.1. The third kappa shape index (κ3) is 46.5. The topological polar surface area (TPSA) is 130 Å². The van der Waals surface area contributed by atoms with Gasteiger partial charge in [0.05, 0.1) is 51.3 Å². The minimum Gasteiger partial charge on any atom is -0.493 e. The van der Waals surface area contributed by atoms with Gasteiger partial charge in [-0.1, -0.05) is 237 Å². The van der Waals surface area contributed by atoms with Crippen LogP contribution in [-0.2, 0) is 50.9 Å². The number of benzene rings is 8. The van der Waals surface area contributed by atoms with Crippen LogP contribution in [0.25, 0.3) is 0 Å². The largest absolute Gasteiger partial charge is 0.493 e. The third-order valence-electron chi connectivity index (χ3n) is 19.5. The molecule has 120 heavy (non-hydrogen) atoms. The van der Waals surface area contributed by atoms with Crippen molar-refractivity contribution in [1.29, 1.82) is 0 Å². The van der Waals surface area contributed by atoms with Crippen molar-refractivity contribution in [2.45, 2.75) is 265 Å². The van der Waals surface area contributed by atoms with Crippen LogP contribution in [0.3, 0.4) is 0 Å². The average Bonchev–Trinajstić information content (AvgIpc) is 1.05. The molecule has 8 aromatic rings. The molecular formula is C105H145ClO12S2. The zero-order valence-electron chi connectivity index (χ0n) is 75.9. The van der Waals surface area contributed by atoms with Gasteiger partial charge in [0, 0.05) is 38.0 Å². The molecule has 2 aliphatic rings. The van der Waals surface area contributed by atoms with Crippen molar-refractivity contribution >= 4 is 47.1 Å². The Hall–Kier alpha value is -7.79. The van der Waals surface area contributed by atoms with Crippen molar-refractivity contribution in [3.63, 3.8) is 0 Å². The summed E-state index contributed by atoms with van der Waals surface area (Å²) in [5, 5.41) is 0.757. The Bertz CT molecular complexity index is 4020. The number of hydrogen-bond donors (Lipinski definition) is 0. The van der Waals surface area contributed by atoms with E-state index in [1.165, 1.54) is 73.2 Å². The van der Waals surface area contributed by atoms with Crippen molar-refractivity contribution in [3.05, 3.63) is 275 Å². The number of esters is 2. The van der Waals surface area contributed by atoms with Crippen LogP contribution in [0.2, 0.25) is 5.02 Å². The lowest BCUT2D eigenvalue weighted by molar-refractivity contribution is -0.139. The number of aryl methyl sites for hydroxylation is 2. The van der Waals surface area contributed by atoms with Gasteiger partial charge in [0.1, 0.15) is 61.1 Å². The molecule has 4 unspecified atom stereocenters. The number of carbonyl (C=O) groups excluding carboxylic acids is 2. The van der Waals surface area contributed by atoms with E-state index in [2.05, 4.69) is 283 Å². The normalized spacial score (nSPS) is 13.5. The maximum Gasteiger partial charge on any atom is 0.333 e. The molecule has 1 saturated heterocycles. The van der Waals surface area contributed by atoms with Crippen molar-refractivity contribution in [2.24, 2.45) is 11.8 Å². The van der Waals surface area contributed by atoms with Crippen LogP contribution in [0.4, 0.5) is 0 Å². The fraction of sp³-hybridized carbons (Fsp3) is 0.486. The van der Waals surface area contributed by atoms with E-state index in [4.69, 9.17) is 59.0 Å². The fourth-order valence-corrected chi connectivity index (χ4v) is 13.6. The molecule has 12 nitrogen and oxygen atoms in total. The highest BCUT2D eigenvalue weighted by Crippen LogP contribution is 2.31. The van der Waals surface area contributed by atoms with Crippen LogP contribution < -0.4 is 18.9 Å². The molecule has 1 aliphatic carbocycles. The highest BCUT2D eigenvalue weighted by atomic mass is 35.5. The summed E-state index contributed by atoms with van der Waals surface area (Å²) in [6, 6.07) is 69.1. The molecule has 15 heteroatoms. The predicted octanol–water partition coefficient (Wildman–Crippen LogP) is 27.5. The fourth-order valence-electron chi connectivity index (χ4n) is 11.7. The number of carbonyl (C=O) groups is 2. The number of rotatable bonds is 44. The van der Waals surface area contributed by atoms with E-state index < -0.39 is 0 Å². The smallest absolute Gasteiger partial charge is 0.333 e. The van der Waals surface area contributed by atoms with E-state index in [1.54, 1.807) is 18.7 Å². The van der Waals surface area contributed by atoms with E-state index in [1.807, 2.05) is 66.4 Å². The summed E-state index contributed by atoms with van der Waals surface area (Å²) < 4.78 is 56.6. The number of epoxide rings is 1. The van der Waals surface area contributed by atoms with Gasteiger partial charge >= 0.3 is 11.9 Å². The summed E-state index contributed by atoms with van der Waals surface area (Å²) >= 11 is 9.50. The first kappa shape index (κ1) is 103. The van der Waals surface area contributed by atoms with Crippen LogP contribution in [0.15, 0.2) is 235 Å². The van der Waals surface area contributed by atoms with E-state index in [0.29, 0.717) is 92.7 Å². The minimum absolute atomic E-state index is 0.0328. The van der Waals surface area contributed by atoms with Crippen molar-refractivity contribution in [2.75, 3.05) is 64.4 Å². The van der Waals surface area contributed by atoms with Crippen LogP contribution in [0.5, 0.6) is 23.0 Å². The van der Waals surface area contributed by atoms with Crippen molar-refractivity contribution in [1.82, 2.24) is 0 Å². The molecule has 1 heterocycles. The Balaban J connectivity index is 0.000000259. The molecule has 0 N–H and O–H groups in total. The Labute approximate surface area is 737 Å². The summed E-state index contributed by atoms with van der Waals surface area (Å²) in [5.74, 6) is 9.68. The molecule has 0 radical (unpaired) electrons. The molecule has 8 aromatic carbocycles. The van der Waals surface area contributed by atoms with Gasteiger partial charge in [-0.15, -0.1) is 23.5 Å². The van der Waals surface area contributed by atoms with Gasteiger partial charge in [0.25, 0.3) is 0 Å². The highest BCUT2D eigenvalue weighted by Gasteiger charge is 2.25. The van der Waals surface area contributed by atoms with Gasteiger partial charge in [-0.2, -0.15) is 0 Å². The van der Waals surface area contributed by atoms with E-state index in [0.717, 1.165) is 97.2 Å². The Morgan fingerprint density at radius 1 is 0.442 bits per heavy atom. The number of thioether (sulfide) groups is 2. The van der Waals surface area contributed by atoms with Gasteiger partial charge in [-0.05, 0) is 263 Å². The van der Waals surface area contributed by atoms with Gasteiger partial charge in [0.2, 0.25) is 0 Å². The van der Waals surface area contributed by atoms with Crippen LogP contribution in [0, 0.1) is 11.8 Å². The van der Waals surface area contributed by atoms with E-state index >= 15 is 0 Å². The second-order valence-corrected chi connectivity index (χ2v) is 36.4. The monoisotopic (exact) mass is 1700 g/mol. The van der Waals surface area contributed by atoms with Crippen LogP contribution in [-0.4, -0.2) is 113 Å². The number of hydrogen-bond acceptors (Lipinski definition) is 14. The highest BCUT2D eigenvalue weighted by molar-refractivity contribution is 7.99. The molecule has 10 rings (SSSR count).